The van der Waals surface area contributed by atoms with Crippen molar-refractivity contribution >= 4 is 5.97 Å². The zero-order chi connectivity index (χ0) is 13.9. The Morgan fingerprint density at radius 2 is 1.28 bits per heavy atom. The number of rotatable bonds is 11. The van der Waals surface area contributed by atoms with E-state index in [4.69, 9.17) is 25.2 Å². The quantitative estimate of drug-likeness (QED) is 0.147. The Hall–Kier alpha value is -0.810. The first-order valence-corrected chi connectivity index (χ1v) is 5.54. The summed E-state index contributed by atoms with van der Waals surface area (Å²) in [6.45, 7) is -1.16. The molecule has 0 rings (SSSR count). The summed E-state index contributed by atoms with van der Waals surface area (Å²) in [5, 5.41) is 43.0. The zero-order valence-corrected chi connectivity index (χ0v) is 10.1. The molecule has 0 aromatic rings. The largest absolute Gasteiger partial charge is 0.414 e. The lowest BCUT2D eigenvalue weighted by molar-refractivity contribution is -0.179. The van der Waals surface area contributed by atoms with Crippen LogP contribution in [0.5, 0.6) is 0 Å². The van der Waals surface area contributed by atoms with Crippen LogP contribution in [0.3, 0.4) is 0 Å². The van der Waals surface area contributed by atoms with Crippen molar-refractivity contribution < 1.29 is 30.0 Å². The Labute approximate surface area is 105 Å². The van der Waals surface area contributed by atoms with E-state index >= 15 is 0 Å². The summed E-state index contributed by atoms with van der Waals surface area (Å²) < 4.78 is 4.94. The molecule has 0 amide bonds. The summed E-state index contributed by atoms with van der Waals surface area (Å²) in [7, 11) is 0. The SMILES string of the molecule is O=C(CO)OC(NCCO)(NCCO)NCCO. The van der Waals surface area contributed by atoms with E-state index in [1.54, 1.807) is 0 Å². The Kier molecular flexibility index (Phi) is 9.69. The molecular weight excluding hydrogens is 246 g/mol. The minimum Gasteiger partial charge on any atom is -0.414 e. The fourth-order valence-electron chi connectivity index (χ4n) is 1.19. The first kappa shape index (κ1) is 17.2. The van der Waals surface area contributed by atoms with Gasteiger partial charge in [-0.25, -0.2) is 4.79 Å². The van der Waals surface area contributed by atoms with Crippen molar-refractivity contribution in [3.8, 4) is 0 Å². The highest BCUT2D eigenvalue weighted by atomic mass is 16.6. The summed E-state index contributed by atoms with van der Waals surface area (Å²) in [4.78, 5) is 11.1. The number of aliphatic hydroxyl groups is 4. The minimum atomic E-state index is -1.56. The monoisotopic (exact) mass is 267 g/mol. The van der Waals surface area contributed by atoms with Gasteiger partial charge in [0, 0.05) is 19.6 Å². The Bertz CT molecular complexity index is 207. The van der Waals surface area contributed by atoms with Crippen molar-refractivity contribution in [2.24, 2.45) is 0 Å². The molecule has 0 saturated heterocycles. The Morgan fingerprint density at radius 1 is 0.889 bits per heavy atom. The maximum Gasteiger partial charge on any atom is 0.335 e. The van der Waals surface area contributed by atoms with E-state index in [1.807, 2.05) is 0 Å². The fraction of sp³-hybridized carbons (Fsp3) is 0.889. The maximum atomic E-state index is 11.1. The summed E-state index contributed by atoms with van der Waals surface area (Å²) in [6.07, 6.45) is 0. The molecule has 0 aliphatic carbocycles. The first-order valence-electron chi connectivity index (χ1n) is 5.54. The molecule has 0 spiro atoms. The van der Waals surface area contributed by atoms with E-state index in [2.05, 4.69) is 16.0 Å². The van der Waals surface area contributed by atoms with Crippen LogP contribution in [-0.2, 0) is 9.53 Å². The number of carbonyl (C=O) groups is 1. The van der Waals surface area contributed by atoms with Crippen molar-refractivity contribution in [1.29, 1.82) is 0 Å². The number of esters is 1. The second-order valence-electron chi connectivity index (χ2n) is 3.26. The number of hydrogen-bond donors (Lipinski definition) is 7. The third-order valence-electron chi connectivity index (χ3n) is 1.85. The highest BCUT2D eigenvalue weighted by Crippen LogP contribution is 1.99. The van der Waals surface area contributed by atoms with Gasteiger partial charge >= 0.3 is 5.97 Å². The molecule has 0 radical (unpaired) electrons. The molecule has 0 heterocycles. The van der Waals surface area contributed by atoms with E-state index < -0.39 is 18.5 Å². The van der Waals surface area contributed by atoms with Crippen LogP contribution >= 0.6 is 0 Å². The molecule has 0 aromatic carbocycles. The van der Waals surface area contributed by atoms with Crippen LogP contribution in [-0.4, -0.2) is 78.4 Å². The molecule has 0 aliphatic rings. The Balaban J connectivity index is 4.66. The van der Waals surface area contributed by atoms with Gasteiger partial charge in [-0.1, -0.05) is 0 Å². The molecule has 0 unspecified atom stereocenters. The van der Waals surface area contributed by atoms with Crippen LogP contribution < -0.4 is 16.0 Å². The molecule has 0 saturated carbocycles. The van der Waals surface area contributed by atoms with E-state index in [1.165, 1.54) is 0 Å². The van der Waals surface area contributed by atoms with Crippen LogP contribution in [0.2, 0.25) is 0 Å². The third kappa shape index (κ3) is 6.81. The molecule has 0 aliphatic heterocycles. The lowest BCUT2D eigenvalue weighted by Gasteiger charge is -2.35. The van der Waals surface area contributed by atoms with Crippen molar-refractivity contribution in [2.75, 3.05) is 46.1 Å². The van der Waals surface area contributed by atoms with Crippen LogP contribution in [0.15, 0.2) is 0 Å². The van der Waals surface area contributed by atoms with E-state index in [-0.39, 0.29) is 39.5 Å². The summed E-state index contributed by atoms with van der Waals surface area (Å²) in [6, 6.07) is 0. The van der Waals surface area contributed by atoms with E-state index in [0.717, 1.165) is 0 Å². The highest BCUT2D eigenvalue weighted by Gasteiger charge is 2.32. The van der Waals surface area contributed by atoms with Gasteiger partial charge in [0.05, 0.1) is 19.8 Å². The predicted octanol–water partition coefficient (Wildman–Crippen LogP) is -4.12. The van der Waals surface area contributed by atoms with Gasteiger partial charge in [-0.15, -0.1) is 0 Å². The van der Waals surface area contributed by atoms with Crippen LogP contribution in [0, 0.1) is 0 Å². The smallest absolute Gasteiger partial charge is 0.335 e. The van der Waals surface area contributed by atoms with Crippen molar-refractivity contribution in [3.63, 3.8) is 0 Å². The highest BCUT2D eigenvalue weighted by molar-refractivity contribution is 5.70. The average molecular weight is 267 g/mol. The summed E-state index contributed by atoms with van der Waals surface area (Å²) >= 11 is 0. The van der Waals surface area contributed by atoms with Crippen LogP contribution in [0.1, 0.15) is 0 Å². The van der Waals surface area contributed by atoms with Gasteiger partial charge in [0.1, 0.15) is 6.61 Å². The number of nitrogens with one attached hydrogen (secondary N) is 3. The molecule has 0 bridgehead atoms. The van der Waals surface area contributed by atoms with E-state index in [9.17, 15) is 4.79 Å². The molecule has 7 N–H and O–H groups in total. The van der Waals surface area contributed by atoms with Gasteiger partial charge in [0.15, 0.2) is 0 Å². The standard InChI is InChI=1S/C9H21N3O6/c13-4-1-10-9(11-2-5-14,12-3-6-15)18-8(17)7-16/h10-16H,1-7H2. The van der Waals surface area contributed by atoms with E-state index in [0.29, 0.717) is 0 Å². The van der Waals surface area contributed by atoms with Crippen LogP contribution in [0.4, 0.5) is 0 Å². The van der Waals surface area contributed by atoms with Gasteiger partial charge in [0.2, 0.25) is 0 Å². The molecule has 9 heteroatoms. The lowest BCUT2D eigenvalue weighted by Crippen LogP contribution is -2.70. The topological polar surface area (TPSA) is 143 Å². The molecule has 9 nitrogen and oxygen atoms in total. The van der Waals surface area contributed by atoms with Gasteiger partial charge < -0.3 is 25.2 Å². The molecule has 0 atom stereocenters. The Morgan fingerprint density at radius 3 is 1.56 bits per heavy atom. The summed E-state index contributed by atoms with van der Waals surface area (Å²) in [5.41, 5.74) is 0. The van der Waals surface area contributed by atoms with Gasteiger partial charge in [-0.05, 0) is 0 Å². The maximum absolute atomic E-state index is 11.1. The fourth-order valence-corrected chi connectivity index (χ4v) is 1.19. The van der Waals surface area contributed by atoms with Gasteiger partial charge in [-0.2, -0.15) is 0 Å². The zero-order valence-electron chi connectivity index (χ0n) is 10.1. The van der Waals surface area contributed by atoms with Gasteiger partial charge in [-0.3, -0.25) is 16.0 Å². The van der Waals surface area contributed by atoms with Crippen molar-refractivity contribution in [2.45, 2.75) is 5.97 Å². The number of ether oxygens (including phenoxy) is 1. The summed E-state index contributed by atoms with van der Waals surface area (Å²) in [5.74, 6) is -2.47. The number of hydrogen-bond acceptors (Lipinski definition) is 9. The molecule has 0 fully saturated rings. The predicted molar refractivity (Wildman–Crippen MR) is 61.2 cm³/mol. The normalized spacial score (nSPS) is 11.6. The average Bonchev–Trinajstić information content (AvgIpc) is 2.40. The second-order valence-corrected chi connectivity index (χ2v) is 3.26. The third-order valence-corrected chi connectivity index (χ3v) is 1.85. The lowest BCUT2D eigenvalue weighted by atomic mass is 10.5. The van der Waals surface area contributed by atoms with Crippen LogP contribution in [0.25, 0.3) is 0 Å². The first-order chi connectivity index (χ1) is 8.64. The molecule has 18 heavy (non-hydrogen) atoms. The van der Waals surface area contributed by atoms with Crippen molar-refractivity contribution in [1.82, 2.24) is 16.0 Å². The second kappa shape index (κ2) is 10.1. The molecule has 0 aromatic heterocycles. The number of aliphatic hydroxyl groups excluding tert-OH is 4. The molecule has 108 valence electrons. The van der Waals surface area contributed by atoms with Gasteiger partial charge in [0.25, 0.3) is 5.97 Å². The van der Waals surface area contributed by atoms with Crippen molar-refractivity contribution in [3.05, 3.63) is 0 Å². The number of carbonyl (C=O) groups excluding carboxylic acids is 1. The molecular formula is C9H21N3O6. The minimum absolute atomic E-state index is 0.0928.